The van der Waals surface area contributed by atoms with Crippen molar-refractivity contribution < 1.29 is 4.74 Å². The van der Waals surface area contributed by atoms with Gasteiger partial charge in [0.05, 0.1) is 0 Å². The van der Waals surface area contributed by atoms with Crippen LogP contribution < -0.4 is 0 Å². The lowest BCUT2D eigenvalue weighted by atomic mass is 10.1. The van der Waals surface area contributed by atoms with Crippen LogP contribution >= 0.6 is 0 Å². The Morgan fingerprint density at radius 2 is 1.79 bits per heavy atom. The normalized spacial score (nSPS) is 11.7. The molecule has 0 saturated heterocycles. The maximum Gasteiger partial charge on any atom is 0.0462 e. The second kappa shape index (κ2) is 10.5. The van der Waals surface area contributed by atoms with Crippen molar-refractivity contribution in [2.45, 2.75) is 45.4 Å². The zero-order chi connectivity index (χ0) is 10.6. The van der Waals surface area contributed by atoms with Gasteiger partial charge in [0.1, 0.15) is 0 Å². The number of hydrogen-bond donors (Lipinski definition) is 0. The van der Waals surface area contributed by atoms with E-state index in [-0.39, 0.29) is 0 Å². The number of hydrogen-bond acceptors (Lipinski definition) is 1. The lowest BCUT2D eigenvalue weighted by Gasteiger charge is -2.01. The standard InChI is InChI=1S/C13H24O/c1-4-10-13(2)11-8-6-5-7-9-12-14-3/h4,10H,1,5-9,11-12H2,2-3H3/b13-10-. The summed E-state index contributed by atoms with van der Waals surface area (Å²) in [6.07, 6.45) is 11.7. The van der Waals surface area contributed by atoms with Crippen molar-refractivity contribution in [2.24, 2.45) is 0 Å². The van der Waals surface area contributed by atoms with Gasteiger partial charge < -0.3 is 4.74 Å². The largest absolute Gasteiger partial charge is 0.385 e. The molecule has 0 amide bonds. The highest BCUT2D eigenvalue weighted by atomic mass is 16.5. The molecule has 0 heterocycles. The van der Waals surface area contributed by atoms with Crippen LogP contribution in [-0.2, 0) is 4.74 Å². The molecule has 0 radical (unpaired) electrons. The number of unbranched alkanes of at least 4 members (excludes halogenated alkanes) is 4. The summed E-state index contributed by atoms with van der Waals surface area (Å²) < 4.78 is 5.00. The van der Waals surface area contributed by atoms with Crippen molar-refractivity contribution in [3.63, 3.8) is 0 Å². The maximum atomic E-state index is 5.00. The Kier molecular flexibility index (Phi) is 10.1. The Labute approximate surface area is 88.9 Å². The Morgan fingerprint density at radius 3 is 2.43 bits per heavy atom. The highest BCUT2D eigenvalue weighted by molar-refractivity contribution is 5.07. The quantitative estimate of drug-likeness (QED) is 0.398. The van der Waals surface area contributed by atoms with Crippen molar-refractivity contribution in [1.29, 1.82) is 0 Å². The molecule has 1 heteroatoms. The Hall–Kier alpha value is -0.560. The van der Waals surface area contributed by atoms with Crippen LogP contribution in [0.25, 0.3) is 0 Å². The predicted octanol–water partition coefficient (Wildman–Crippen LogP) is 4.11. The van der Waals surface area contributed by atoms with E-state index in [1.54, 1.807) is 7.11 Å². The average molecular weight is 196 g/mol. The summed E-state index contributed by atoms with van der Waals surface area (Å²) in [5.74, 6) is 0. The van der Waals surface area contributed by atoms with E-state index >= 15 is 0 Å². The van der Waals surface area contributed by atoms with Gasteiger partial charge in [-0.2, -0.15) is 0 Å². The topological polar surface area (TPSA) is 9.23 Å². The number of methoxy groups -OCH3 is 1. The van der Waals surface area contributed by atoms with E-state index in [0.29, 0.717) is 0 Å². The third kappa shape index (κ3) is 9.53. The zero-order valence-corrected chi connectivity index (χ0v) is 9.72. The Bertz CT molecular complexity index is 159. The Morgan fingerprint density at radius 1 is 1.14 bits per heavy atom. The van der Waals surface area contributed by atoms with Gasteiger partial charge in [0.15, 0.2) is 0 Å². The van der Waals surface area contributed by atoms with Crippen molar-refractivity contribution in [2.75, 3.05) is 13.7 Å². The third-order valence-corrected chi connectivity index (χ3v) is 2.32. The minimum atomic E-state index is 0.912. The first-order valence-electron chi connectivity index (χ1n) is 5.58. The van der Waals surface area contributed by atoms with Crippen molar-refractivity contribution in [3.05, 3.63) is 24.3 Å². The van der Waals surface area contributed by atoms with E-state index in [9.17, 15) is 0 Å². The van der Waals surface area contributed by atoms with Crippen LogP contribution in [0.3, 0.4) is 0 Å². The highest BCUT2D eigenvalue weighted by Crippen LogP contribution is 2.10. The molecule has 0 spiro atoms. The second-order valence-corrected chi connectivity index (χ2v) is 3.76. The summed E-state index contributed by atoms with van der Waals surface area (Å²) in [6.45, 7) is 6.77. The molecule has 0 aromatic rings. The minimum absolute atomic E-state index is 0.912. The Balaban J connectivity index is 3.13. The van der Waals surface area contributed by atoms with Gasteiger partial charge >= 0.3 is 0 Å². The van der Waals surface area contributed by atoms with Gasteiger partial charge in [-0.1, -0.05) is 43.6 Å². The van der Waals surface area contributed by atoms with E-state index in [1.165, 1.54) is 44.1 Å². The molecule has 0 aliphatic rings. The van der Waals surface area contributed by atoms with Crippen molar-refractivity contribution >= 4 is 0 Å². The number of rotatable bonds is 9. The summed E-state index contributed by atoms with van der Waals surface area (Å²) in [4.78, 5) is 0. The SMILES string of the molecule is C=C/C=C(/C)CCCCCCCOC. The van der Waals surface area contributed by atoms with Crippen molar-refractivity contribution in [1.82, 2.24) is 0 Å². The molecule has 0 aliphatic heterocycles. The van der Waals surface area contributed by atoms with E-state index in [4.69, 9.17) is 4.74 Å². The fourth-order valence-corrected chi connectivity index (χ4v) is 1.47. The van der Waals surface area contributed by atoms with Gasteiger partial charge in [-0.15, -0.1) is 0 Å². The molecule has 0 unspecified atom stereocenters. The predicted molar refractivity (Wildman–Crippen MR) is 63.5 cm³/mol. The van der Waals surface area contributed by atoms with Crippen LogP contribution in [-0.4, -0.2) is 13.7 Å². The van der Waals surface area contributed by atoms with E-state index in [0.717, 1.165) is 6.61 Å². The highest BCUT2D eigenvalue weighted by Gasteiger charge is 1.92. The number of ether oxygens (including phenoxy) is 1. The molecular weight excluding hydrogens is 172 g/mol. The molecule has 0 bridgehead atoms. The molecule has 0 saturated carbocycles. The summed E-state index contributed by atoms with van der Waals surface area (Å²) >= 11 is 0. The molecule has 0 fully saturated rings. The van der Waals surface area contributed by atoms with Crippen LogP contribution in [0.4, 0.5) is 0 Å². The fourth-order valence-electron chi connectivity index (χ4n) is 1.47. The van der Waals surface area contributed by atoms with Crippen LogP contribution in [0.5, 0.6) is 0 Å². The summed E-state index contributed by atoms with van der Waals surface area (Å²) in [7, 11) is 1.77. The summed E-state index contributed by atoms with van der Waals surface area (Å²) in [6, 6.07) is 0. The van der Waals surface area contributed by atoms with Gasteiger partial charge in [-0.3, -0.25) is 0 Å². The molecule has 0 aliphatic carbocycles. The van der Waals surface area contributed by atoms with Gasteiger partial charge in [0.2, 0.25) is 0 Å². The zero-order valence-electron chi connectivity index (χ0n) is 9.72. The summed E-state index contributed by atoms with van der Waals surface area (Å²) in [5, 5.41) is 0. The van der Waals surface area contributed by atoms with Crippen LogP contribution in [0.1, 0.15) is 45.4 Å². The van der Waals surface area contributed by atoms with Crippen LogP contribution in [0.2, 0.25) is 0 Å². The fraction of sp³-hybridized carbons (Fsp3) is 0.692. The summed E-state index contributed by atoms with van der Waals surface area (Å²) in [5.41, 5.74) is 1.44. The molecule has 0 atom stereocenters. The van der Waals surface area contributed by atoms with Gasteiger partial charge in [0, 0.05) is 13.7 Å². The van der Waals surface area contributed by atoms with Gasteiger partial charge in [0.25, 0.3) is 0 Å². The first-order valence-corrected chi connectivity index (χ1v) is 5.58. The maximum absolute atomic E-state index is 5.00. The average Bonchev–Trinajstić information content (AvgIpc) is 2.17. The first kappa shape index (κ1) is 13.4. The van der Waals surface area contributed by atoms with E-state index in [2.05, 4.69) is 19.6 Å². The van der Waals surface area contributed by atoms with Gasteiger partial charge in [-0.25, -0.2) is 0 Å². The molecule has 0 aromatic carbocycles. The van der Waals surface area contributed by atoms with E-state index in [1.807, 2.05) is 6.08 Å². The molecule has 82 valence electrons. The monoisotopic (exact) mass is 196 g/mol. The van der Waals surface area contributed by atoms with Gasteiger partial charge in [-0.05, 0) is 26.2 Å². The van der Waals surface area contributed by atoms with Crippen LogP contribution in [0, 0.1) is 0 Å². The molecule has 0 aromatic heterocycles. The van der Waals surface area contributed by atoms with Crippen molar-refractivity contribution in [3.8, 4) is 0 Å². The molecular formula is C13H24O. The van der Waals surface area contributed by atoms with E-state index < -0.39 is 0 Å². The number of allylic oxidation sites excluding steroid dienone is 3. The first-order chi connectivity index (χ1) is 6.81. The lowest BCUT2D eigenvalue weighted by Crippen LogP contribution is -1.88. The lowest BCUT2D eigenvalue weighted by molar-refractivity contribution is 0.192. The smallest absolute Gasteiger partial charge is 0.0462 e. The third-order valence-electron chi connectivity index (χ3n) is 2.32. The second-order valence-electron chi connectivity index (χ2n) is 3.76. The van der Waals surface area contributed by atoms with Crippen LogP contribution in [0.15, 0.2) is 24.3 Å². The minimum Gasteiger partial charge on any atom is -0.385 e. The molecule has 0 N–H and O–H groups in total. The molecule has 0 rings (SSSR count). The molecule has 14 heavy (non-hydrogen) atoms. The molecule has 1 nitrogen and oxygen atoms in total.